The third-order valence-corrected chi connectivity index (χ3v) is 6.14. The summed E-state index contributed by atoms with van der Waals surface area (Å²) in [5.74, 6) is 0.409. The largest absolute Gasteiger partial charge is 0.468 e. The highest BCUT2D eigenvalue weighted by atomic mass is 79.9. The Morgan fingerprint density at radius 3 is 2.74 bits per heavy atom. The van der Waals surface area contributed by atoms with E-state index in [1.165, 1.54) is 0 Å². The highest BCUT2D eigenvalue weighted by Gasteiger charge is 2.23. The number of hydrogen-bond acceptors (Lipinski definition) is 5. The second kappa shape index (κ2) is 8.29. The van der Waals surface area contributed by atoms with Crippen molar-refractivity contribution in [3.8, 4) is 0 Å². The number of hydrogen-bond donors (Lipinski definition) is 1. The van der Waals surface area contributed by atoms with Crippen molar-refractivity contribution in [3.05, 3.63) is 69.1 Å². The van der Waals surface area contributed by atoms with E-state index in [1.54, 1.807) is 18.2 Å². The standard InChI is InChI=1S/C21H20BrClN4O3S/c1-4-14-9-18(15-6-5-13(8-17(15)23)26-31(3,28)29)25-21(30-14)19-11-27-10-12(2)7-16(22)20(27)24-19/h5-11,14,26H,4H2,1-3H3. The predicted molar refractivity (Wildman–Crippen MR) is 127 cm³/mol. The summed E-state index contributed by atoms with van der Waals surface area (Å²) < 4.78 is 34.3. The number of aryl methyl sites for hydroxylation is 1. The molecule has 10 heteroatoms. The van der Waals surface area contributed by atoms with Gasteiger partial charge in [-0.15, -0.1) is 0 Å². The fourth-order valence-electron chi connectivity index (χ4n) is 3.29. The van der Waals surface area contributed by atoms with E-state index in [0.29, 0.717) is 33.6 Å². The lowest BCUT2D eigenvalue weighted by Gasteiger charge is -2.21. The maximum atomic E-state index is 11.5. The Morgan fingerprint density at radius 2 is 2.06 bits per heavy atom. The molecule has 0 amide bonds. The van der Waals surface area contributed by atoms with Gasteiger partial charge >= 0.3 is 0 Å². The van der Waals surface area contributed by atoms with E-state index in [4.69, 9.17) is 16.3 Å². The summed E-state index contributed by atoms with van der Waals surface area (Å²) in [6.45, 7) is 4.03. The molecule has 0 saturated heterocycles. The van der Waals surface area contributed by atoms with E-state index in [1.807, 2.05) is 42.8 Å². The average Bonchev–Trinajstić information content (AvgIpc) is 3.11. The molecule has 4 rings (SSSR count). The highest BCUT2D eigenvalue weighted by molar-refractivity contribution is 9.10. The molecule has 1 aliphatic rings. The van der Waals surface area contributed by atoms with Crippen molar-refractivity contribution in [1.29, 1.82) is 0 Å². The molecule has 3 heterocycles. The summed E-state index contributed by atoms with van der Waals surface area (Å²) in [6.07, 6.45) is 7.41. The van der Waals surface area contributed by atoms with E-state index < -0.39 is 10.0 Å². The molecule has 1 unspecified atom stereocenters. The van der Waals surface area contributed by atoms with E-state index in [9.17, 15) is 8.42 Å². The van der Waals surface area contributed by atoms with Gasteiger partial charge in [-0.1, -0.05) is 18.5 Å². The molecule has 1 aromatic carbocycles. The van der Waals surface area contributed by atoms with E-state index in [0.717, 1.165) is 28.4 Å². The van der Waals surface area contributed by atoms with Crippen LogP contribution in [0.5, 0.6) is 0 Å². The van der Waals surface area contributed by atoms with Crippen molar-refractivity contribution >= 4 is 60.5 Å². The topological polar surface area (TPSA) is 85.1 Å². The van der Waals surface area contributed by atoms with Crippen LogP contribution < -0.4 is 4.72 Å². The molecule has 3 aromatic rings. The molecule has 0 spiro atoms. The van der Waals surface area contributed by atoms with Crippen LogP contribution in [-0.2, 0) is 14.8 Å². The lowest BCUT2D eigenvalue weighted by atomic mass is 10.1. The van der Waals surface area contributed by atoms with Crippen molar-refractivity contribution in [3.63, 3.8) is 0 Å². The smallest absolute Gasteiger partial charge is 0.242 e. The molecule has 31 heavy (non-hydrogen) atoms. The van der Waals surface area contributed by atoms with Crippen molar-refractivity contribution in [2.45, 2.75) is 26.4 Å². The van der Waals surface area contributed by atoms with Crippen LogP contribution in [0.15, 0.2) is 52.2 Å². The maximum Gasteiger partial charge on any atom is 0.242 e. The summed E-state index contributed by atoms with van der Waals surface area (Å²) in [7, 11) is -3.39. The Bertz CT molecular complexity index is 1350. The summed E-state index contributed by atoms with van der Waals surface area (Å²) >= 11 is 10.0. The molecule has 2 aromatic heterocycles. The van der Waals surface area contributed by atoms with Crippen LogP contribution in [0.2, 0.25) is 5.02 Å². The second-order valence-corrected chi connectivity index (χ2v) is 10.3. The SMILES string of the molecule is CCC1C=C(c2ccc(NS(C)(=O)=O)cc2Cl)N=C(c2cn3cc(C)cc(Br)c3n2)O1. The zero-order chi connectivity index (χ0) is 22.3. The number of benzene rings is 1. The van der Waals surface area contributed by atoms with Gasteiger partial charge < -0.3 is 9.14 Å². The Labute approximate surface area is 194 Å². The summed E-state index contributed by atoms with van der Waals surface area (Å²) in [5.41, 5.74) is 4.20. The number of aliphatic imine (C=N–C) groups is 1. The Balaban J connectivity index is 1.75. The number of sulfonamides is 1. The first-order valence-corrected chi connectivity index (χ1v) is 12.6. The van der Waals surface area contributed by atoms with Crippen LogP contribution in [0, 0.1) is 6.92 Å². The number of pyridine rings is 1. The monoisotopic (exact) mass is 522 g/mol. The number of ether oxygens (including phenoxy) is 1. The molecule has 0 radical (unpaired) electrons. The van der Waals surface area contributed by atoms with Crippen LogP contribution in [0.1, 0.15) is 30.2 Å². The number of halogens is 2. The van der Waals surface area contributed by atoms with Gasteiger partial charge in [0.1, 0.15) is 11.8 Å². The van der Waals surface area contributed by atoms with E-state index in [-0.39, 0.29) is 6.10 Å². The minimum Gasteiger partial charge on any atom is -0.468 e. The number of rotatable bonds is 5. The highest BCUT2D eigenvalue weighted by Crippen LogP contribution is 2.32. The Morgan fingerprint density at radius 1 is 1.29 bits per heavy atom. The number of anilines is 1. The first-order chi connectivity index (χ1) is 14.6. The van der Waals surface area contributed by atoms with Crippen molar-refractivity contribution < 1.29 is 13.2 Å². The fourth-order valence-corrected chi connectivity index (χ4v) is 4.78. The molecule has 0 fully saturated rings. The number of nitrogens with one attached hydrogen (secondary N) is 1. The molecule has 0 bridgehead atoms. The van der Waals surface area contributed by atoms with Gasteiger partial charge in [-0.3, -0.25) is 4.72 Å². The van der Waals surface area contributed by atoms with Gasteiger partial charge in [0.15, 0.2) is 5.65 Å². The minimum atomic E-state index is -3.39. The lowest BCUT2D eigenvalue weighted by molar-refractivity contribution is 0.228. The van der Waals surface area contributed by atoms with Crippen LogP contribution >= 0.6 is 27.5 Å². The quantitative estimate of drug-likeness (QED) is 0.508. The van der Waals surface area contributed by atoms with Gasteiger partial charge in [-0.25, -0.2) is 18.4 Å². The molecular weight excluding hydrogens is 504 g/mol. The minimum absolute atomic E-state index is 0.192. The first-order valence-electron chi connectivity index (χ1n) is 9.53. The summed E-state index contributed by atoms with van der Waals surface area (Å²) in [4.78, 5) is 9.35. The predicted octanol–water partition coefficient (Wildman–Crippen LogP) is 5.03. The lowest BCUT2D eigenvalue weighted by Crippen LogP contribution is -2.21. The number of fused-ring (bicyclic) bond motifs is 1. The van der Waals surface area contributed by atoms with Gasteiger partial charge in [0.25, 0.3) is 0 Å². The average molecular weight is 524 g/mol. The van der Waals surface area contributed by atoms with Gasteiger partial charge in [0.05, 0.1) is 21.4 Å². The van der Waals surface area contributed by atoms with Crippen molar-refractivity contribution in [1.82, 2.24) is 9.38 Å². The summed E-state index contributed by atoms with van der Waals surface area (Å²) in [5, 5.41) is 0.383. The Kier molecular flexibility index (Phi) is 5.85. The summed E-state index contributed by atoms with van der Waals surface area (Å²) in [6, 6.07) is 6.96. The van der Waals surface area contributed by atoms with Gasteiger partial charge in [-0.2, -0.15) is 0 Å². The number of aromatic nitrogens is 2. The molecule has 1 aliphatic heterocycles. The molecule has 162 valence electrons. The zero-order valence-corrected chi connectivity index (χ0v) is 20.2. The van der Waals surface area contributed by atoms with Crippen LogP contribution in [-0.4, -0.2) is 36.1 Å². The third-order valence-electron chi connectivity index (χ3n) is 4.64. The second-order valence-electron chi connectivity index (χ2n) is 7.32. The number of nitrogens with zero attached hydrogens (tertiary/aromatic N) is 3. The van der Waals surface area contributed by atoms with Gasteiger partial charge in [0, 0.05) is 23.6 Å². The molecule has 1 atom stereocenters. The molecular formula is C21H20BrClN4O3S. The van der Waals surface area contributed by atoms with E-state index >= 15 is 0 Å². The molecule has 0 aliphatic carbocycles. The van der Waals surface area contributed by atoms with Crippen LogP contribution in [0.25, 0.3) is 11.3 Å². The van der Waals surface area contributed by atoms with Crippen LogP contribution in [0.4, 0.5) is 5.69 Å². The third kappa shape index (κ3) is 4.78. The van der Waals surface area contributed by atoms with Crippen molar-refractivity contribution in [2.24, 2.45) is 4.99 Å². The first kappa shape index (κ1) is 21.9. The van der Waals surface area contributed by atoms with Crippen LogP contribution in [0.3, 0.4) is 0 Å². The van der Waals surface area contributed by atoms with Crippen molar-refractivity contribution in [2.75, 3.05) is 11.0 Å². The number of imidazole rings is 1. The zero-order valence-electron chi connectivity index (χ0n) is 17.1. The Hall–Kier alpha value is -2.36. The molecule has 7 nitrogen and oxygen atoms in total. The molecule has 0 saturated carbocycles. The maximum absolute atomic E-state index is 11.5. The fraction of sp³-hybridized carbons (Fsp3) is 0.238. The van der Waals surface area contributed by atoms with Gasteiger partial charge in [0.2, 0.25) is 15.9 Å². The normalized spacial score (nSPS) is 16.6. The van der Waals surface area contributed by atoms with Gasteiger partial charge in [-0.05, 0) is 65.2 Å². The molecule has 1 N–H and O–H groups in total. The van der Waals surface area contributed by atoms with E-state index in [2.05, 4.69) is 30.6 Å².